The number of rotatable bonds is 4. The summed E-state index contributed by atoms with van der Waals surface area (Å²) >= 11 is 0. The summed E-state index contributed by atoms with van der Waals surface area (Å²) in [6.07, 6.45) is 1.58. The van der Waals surface area contributed by atoms with Gasteiger partial charge in [0.1, 0.15) is 0 Å². The van der Waals surface area contributed by atoms with Gasteiger partial charge in [0.05, 0.1) is 22.8 Å². The fraction of sp³-hybridized carbons (Fsp3) is 0.125. The number of hydrogen-bond acceptors (Lipinski definition) is 3. The third kappa shape index (κ3) is 3.67. The summed E-state index contributed by atoms with van der Waals surface area (Å²) in [6, 6.07) is 20.5. The van der Waals surface area contributed by atoms with E-state index in [-0.39, 0.29) is 17.5 Å². The zero-order chi connectivity index (χ0) is 20.4. The molecular formula is C24H21N3O2. The van der Waals surface area contributed by atoms with Crippen LogP contribution >= 0.6 is 0 Å². The first-order valence-electron chi connectivity index (χ1n) is 9.49. The van der Waals surface area contributed by atoms with Crippen LogP contribution in [0.3, 0.4) is 0 Å². The SMILES string of the molecule is Cc1c(-c2ccccc2)nc2ccccc2c1C(=O)NC(C)c1cc[nH]c(=O)c1. The summed E-state index contributed by atoms with van der Waals surface area (Å²) in [6.45, 7) is 3.79. The lowest BCUT2D eigenvalue weighted by molar-refractivity contribution is 0.0941. The van der Waals surface area contributed by atoms with Crippen molar-refractivity contribution in [3.8, 4) is 11.3 Å². The Labute approximate surface area is 168 Å². The molecule has 0 bridgehead atoms. The molecule has 5 nitrogen and oxygen atoms in total. The first-order valence-corrected chi connectivity index (χ1v) is 9.49. The number of hydrogen-bond donors (Lipinski definition) is 2. The van der Waals surface area contributed by atoms with Crippen LogP contribution in [0.2, 0.25) is 0 Å². The molecule has 0 aliphatic rings. The average Bonchev–Trinajstić information content (AvgIpc) is 2.73. The molecule has 2 N–H and O–H groups in total. The van der Waals surface area contributed by atoms with E-state index in [4.69, 9.17) is 4.98 Å². The summed E-state index contributed by atoms with van der Waals surface area (Å²) < 4.78 is 0. The van der Waals surface area contributed by atoms with Crippen LogP contribution in [0.1, 0.15) is 34.5 Å². The highest BCUT2D eigenvalue weighted by Gasteiger charge is 2.20. The van der Waals surface area contributed by atoms with Crippen LogP contribution in [0.25, 0.3) is 22.2 Å². The Kier molecular flexibility index (Phi) is 4.96. The Morgan fingerprint density at radius 2 is 1.76 bits per heavy atom. The molecule has 0 fully saturated rings. The van der Waals surface area contributed by atoms with Gasteiger partial charge in [0.2, 0.25) is 5.56 Å². The van der Waals surface area contributed by atoms with Crippen molar-refractivity contribution in [3.63, 3.8) is 0 Å². The minimum Gasteiger partial charge on any atom is -0.345 e. The maximum absolute atomic E-state index is 13.3. The maximum Gasteiger partial charge on any atom is 0.252 e. The maximum atomic E-state index is 13.3. The van der Waals surface area contributed by atoms with Gasteiger partial charge in [-0.25, -0.2) is 4.98 Å². The van der Waals surface area contributed by atoms with Crippen LogP contribution in [0.4, 0.5) is 0 Å². The van der Waals surface area contributed by atoms with E-state index in [1.165, 1.54) is 6.07 Å². The number of pyridine rings is 2. The van der Waals surface area contributed by atoms with Crippen LogP contribution in [0.5, 0.6) is 0 Å². The van der Waals surface area contributed by atoms with Crippen molar-refractivity contribution in [1.82, 2.24) is 15.3 Å². The Balaban J connectivity index is 1.80. The molecule has 5 heteroatoms. The Morgan fingerprint density at radius 3 is 2.52 bits per heavy atom. The molecule has 0 aliphatic heterocycles. The Bertz CT molecular complexity index is 1250. The Morgan fingerprint density at radius 1 is 1.03 bits per heavy atom. The highest BCUT2D eigenvalue weighted by molar-refractivity contribution is 6.09. The number of nitrogens with zero attached hydrogens (tertiary/aromatic N) is 1. The van der Waals surface area contributed by atoms with E-state index in [2.05, 4.69) is 10.3 Å². The number of carbonyl (C=O) groups excluding carboxylic acids is 1. The van der Waals surface area contributed by atoms with E-state index in [0.29, 0.717) is 5.56 Å². The molecule has 0 spiro atoms. The highest BCUT2D eigenvalue weighted by Crippen LogP contribution is 2.30. The lowest BCUT2D eigenvalue weighted by Crippen LogP contribution is -2.28. The van der Waals surface area contributed by atoms with Gasteiger partial charge in [-0.1, -0.05) is 48.5 Å². The second kappa shape index (κ2) is 7.72. The van der Waals surface area contributed by atoms with Crippen LogP contribution in [-0.2, 0) is 0 Å². The van der Waals surface area contributed by atoms with Crippen molar-refractivity contribution in [2.24, 2.45) is 0 Å². The molecule has 0 radical (unpaired) electrons. The molecule has 2 aromatic carbocycles. The standard InChI is InChI=1S/C24H21N3O2/c1-15-22(24(29)26-16(2)18-12-13-25-21(28)14-18)19-10-6-7-11-20(19)27-23(15)17-8-4-3-5-9-17/h3-14,16H,1-2H3,(H,25,28)(H,26,29). The molecule has 4 rings (SSSR count). The number of benzene rings is 2. The van der Waals surface area contributed by atoms with Gasteiger partial charge in [-0.2, -0.15) is 0 Å². The number of aromatic nitrogens is 2. The minimum atomic E-state index is -0.309. The van der Waals surface area contributed by atoms with Gasteiger partial charge in [0.25, 0.3) is 5.91 Å². The average molecular weight is 383 g/mol. The minimum absolute atomic E-state index is 0.189. The summed E-state index contributed by atoms with van der Waals surface area (Å²) in [5.41, 5.74) is 4.51. The van der Waals surface area contributed by atoms with Crippen molar-refractivity contribution in [2.45, 2.75) is 19.9 Å². The van der Waals surface area contributed by atoms with Crippen LogP contribution in [-0.4, -0.2) is 15.9 Å². The van der Waals surface area contributed by atoms with Crippen molar-refractivity contribution in [1.29, 1.82) is 0 Å². The molecule has 1 amide bonds. The van der Waals surface area contributed by atoms with E-state index in [1.807, 2.05) is 68.4 Å². The van der Waals surface area contributed by atoms with Gasteiger partial charge in [0.15, 0.2) is 0 Å². The summed E-state index contributed by atoms with van der Waals surface area (Å²) in [5.74, 6) is -0.189. The van der Waals surface area contributed by atoms with E-state index in [9.17, 15) is 9.59 Å². The molecule has 0 saturated carbocycles. The smallest absolute Gasteiger partial charge is 0.252 e. The second-order valence-corrected chi connectivity index (χ2v) is 7.02. The van der Waals surface area contributed by atoms with Crippen molar-refractivity contribution in [2.75, 3.05) is 0 Å². The molecule has 1 unspecified atom stereocenters. The summed E-state index contributed by atoms with van der Waals surface area (Å²) in [7, 11) is 0. The quantitative estimate of drug-likeness (QED) is 0.549. The fourth-order valence-electron chi connectivity index (χ4n) is 3.56. The zero-order valence-corrected chi connectivity index (χ0v) is 16.3. The van der Waals surface area contributed by atoms with Gasteiger partial charge in [-0.3, -0.25) is 9.59 Å². The number of nitrogens with one attached hydrogen (secondary N) is 2. The first kappa shape index (κ1) is 18.6. The Hall–Kier alpha value is -3.73. The number of para-hydroxylation sites is 1. The summed E-state index contributed by atoms with van der Waals surface area (Å²) in [4.78, 5) is 32.3. The number of H-pyrrole nitrogens is 1. The van der Waals surface area contributed by atoms with Gasteiger partial charge in [-0.15, -0.1) is 0 Å². The number of aromatic amines is 1. The molecule has 0 saturated heterocycles. The van der Waals surface area contributed by atoms with Gasteiger partial charge < -0.3 is 10.3 Å². The number of carbonyl (C=O) groups is 1. The second-order valence-electron chi connectivity index (χ2n) is 7.02. The van der Waals surface area contributed by atoms with Gasteiger partial charge in [0, 0.05) is 23.2 Å². The van der Waals surface area contributed by atoms with Crippen LogP contribution in [0.15, 0.2) is 77.7 Å². The zero-order valence-electron chi connectivity index (χ0n) is 16.3. The van der Waals surface area contributed by atoms with Gasteiger partial charge >= 0.3 is 0 Å². The molecular weight excluding hydrogens is 362 g/mol. The molecule has 2 heterocycles. The fourth-order valence-corrected chi connectivity index (χ4v) is 3.56. The van der Waals surface area contributed by atoms with E-state index in [0.717, 1.165) is 33.3 Å². The number of fused-ring (bicyclic) bond motifs is 1. The molecule has 1 atom stereocenters. The molecule has 4 aromatic rings. The van der Waals surface area contributed by atoms with E-state index in [1.54, 1.807) is 12.3 Å². The molecule has 29 heavy (non-hydrogen) atoms. The van der Waals surface area contributed by atoms with Crippen molar-refractivity contribution >= 4 is 16.8 Å². The lowest BCUT2D eigenvalue weighted by Gasteiger charge is -2.18. The highest BCUT2D eigenvalue weighted by atomic mass is 16.1. The van der Waals surface area contributed by atoms with Gasteiger partial charge in [-0.05, 0) is 37.1 Å². The van der Waals surface area contributed by atoms with Crippen molar-refractivity contribution in [3.05, 3.63) is 100.0 Å². The monoisotopic (exact) mass is 383 g/mol. The lowest BCUT2D eigenvalue weighted by atomic mass is 9.96. The van der Waals surface area contributed by atoms with E-state index < -0.39 is 0 Å². The van der Waals surface area contributed by atoms with Crippen LogP contribution < -0.4 is 10.9 Å². The molecule has 0 aliphatic carbocycles. The normalized spacial score (nSPS) is 11.9. The molecule has 2 aromatic heterocycles. The third-order valence-corrected chi connectivity index (χ3v) is 5.06. The third-order valence-electron chi connectivity index (χ3n) is 5.06. The van der Waals surface area contributed by atoms with Crippen molar-refractivity contribution < 1.29 is 4.79 Å². The first-order chi connectivity index (χ1) is 14.0. The number of amides is 1. The van der Waals surface area contributed by atoms with Crippen LogP contribution in [0, 0.1) is 6.92 Å². The topological polar surface area (TPSA) is 74.8 Å². The predicted molar refractivity (Wildman–Crippen MR) is 115 cm³/mol. The molecule has 144 valence electrons. The largest absolute Gasteiger partial charge is 0.345 e. The predicted octanol–water partition coefficient (Wildman–Crippen LogP) is 4.39. The van der Waals surface area contributed by atoms with E-state index >= 15 is 0 Å². The summed E-state index contributed by atoms with van der Waals surface area (Å²) in [5, 5.41) is 3.84.